The van der Waals surface area contributed by atoms with E-state index in [1.807, 2.05) is 0 Å². The Morgan fingerprint density at radius 3 is 2.88 bits per heavy atom. The van der Waals surface area contributed by atoms with Crippen molar-refractivity contribution in [2.75, 3.05) is 25.0 Å². The molecular weight excluding hydrogens is 472 g/mol. The van der Waals surface area contributed by atoms with Crippen LogP contribution in [0, 0.1) is 11.3 Å². The number of hydrogen-bond donors (Lipinski definition) is 1. The molecule has 2 aliphatic rings. The number of nitrogens with zero attached hydrogens (tertiary/aromatic N) is 3. The van der Waals surface area contributed by atoms with Gasteiger partial charge >= 0.3 is 6.09 Å². The molecule has 0 radical (unpaired) electrons. The Morgan fingerprint density at radius 1 is 1.38 bits per heavy atom. The third kappa shape index (κ3) is 4.13. The maximum absolute atomic E-state index is 13.1. The van der Waals surface area contributed by atoms with Gasteiger partial charge in [0.05, 0.1) is 18.7 Å². The molecule has 0 aliphatic carbocycles. The molecule has 0 aromatic carbocycles. The first-order valence-corrected chi connectivity index (χ1v) is 13.3. The van der Waals surface area contributed by atoms with Crippen LogP contribution in [0.2, 0.25) is 0 Å². The maximum atomic E-state index is 13.1. The van der Waals surface area contributed by atoms with Crippen LogP contribution >= 0.6 is 22.7 Å². The Balaban J connectivity index is 1.54. The number of ether oxygens (including phenoxy) is 1. The zero-order valence-electron chi connectivity index (χ0n) is 17.4. The fourth-order valence-corrected chi connectivity index (χ4v) is 7.98. The van der Waals surface area contributed by atoms with Crippen LogP contribution in [0.5, 0.6) is 0 Å². The molecule has 32 heavy (non-hydrogen) atoms. The van der Waals surface area contributed by atoms with Gasteiger partial charge < -0.3 is 15.0 Å². The second kappa shape index (κ2) is 9.19. The smallest absolute Gasteiger partial charge is 0.410 e. The number of nitriles is 1. The molecule has 2 amide bonds. The minimum atomic E-state index is -3.75. The summed E-state index contributed by atoms with van der Waals surface area (Å²) in [7, 11) is -3.75. The molecule has 4 heterocycles. The van der Waals surface area contributed by atoms with Gasteiger partial charge in [-0.15, -0.1) is 22.7 Å². The highest BCUT2D eigenvalue weighted by molar-refractivity contribution is 7.91. The van der Waals surface area contributed by atoms with E-state index < -0.39 is 28.1 Å². The minimum Gasteiger partial charge on any atom is -0.450 e. The van der Waals surface area contributed by atoms with E-state index in [0.29, 0.717) is 42.9 Å². The third-order valence-electron chi connectivity index (χ3n) is 5.50. The van der Waals surface area contributed by atoms with E-state index in [4.69, 9.17) is 4.74 Å². The summed E-state index contributed by atoms with van der Waals surface area (Å²) in [5, 5.41) is 14.6. The average molecular weight is 495 g/mol. The molecule has 1 atom stereocenters. The van der Waals surface area contributed by atoms with E-state index in [1.165, 1.54) is 21.7 Å². The predicted octanol–water partition coefficient (Wildman–Crippen LogP) is 2.99. The first-order chi connectivity index (χ1) is 15.4. The van der Waals surface area contributed by atoms with E-state index in [0.717, 1.165) is 21.8 Å². The van der Waals surface area contributed by atoms with Gasteiger partial charge in [-0.1, -0.05) is 6.07 Å². The minimum absolute atomic E-state index is 0.209. The van der Waals surface area contributed by atoms with Crippen molar-refractivity contribution in [3.8, 4) is 6.07 Å². The van der Waals surface area contributed by atoms with Crippen molar-refractivity contribution < 1.29 is 22.7 Å². The van der Waals surface area contributed by atoms with Crippen molar-refractivity contribution in [1.82, 2.24) is 9.21 Å². The van der Waals surface area contributed by atoms with E-state index in [1.54, 1.807) is 23.3 Å². The Labute approximate surface area is 194 Å². The van der Waals surface area contributed by atoms with Crippen LogP contribution < -0.4 is 5.32 Å². The lowest BCUT2D eigenvalue weighted by Gasteiger charge is -2.25. The summed E-state index contributed by atoms with van der Waals surface area (Å²) < 4.78 is 32.4. The third-order valence-corrected chi connectivity index (χ3v) is 9.91. The number of carbonyl (C=O) groups is 2. The van der Waals surface area contributed by atoms with Crippen LogP contribution in [0.25, 0.3) is 0 Å². The molecule has 1 saturated heterocycles. The molecule has 170 valence electrons. The number of carbonyl (C=O) groups excluding carboxylic acids is 2. The number of nitrogens with one attached hydrogen (secondary N) is 1. The average Bonchev–Trinajstić information content (AvgIpc) is 3.52. The first kappa shape index (κ1) is 22.7. The van der Waals surface area contributed by atoms with Crippen molar-refractivity contribution in [3.05, 3.63) is 33.5 Å². The molecule has 1 fully saturated rings. The number of sulfonamides is 1. The van der Waals surface area contributed by atoms with Gasteiger partial charge in [0, 0.05) is 18.0 Å². The fourth-order valence-electron chi connectivity index (χ4n) is 3.99. The molecule has 2 aromatic rings. The van der Waals surface area contributed by atoms with Crippen molar-refractivity contribution >= 4 is 49.7 Å². The molecule has 4 rings (SSSR count). The number of fused-ring (bicyclic) bond motifs is 1. The molecule has 1 N–H and O–H groups in total. The number of amides is 2. The Morgan fingerprint density at radius 2 is 2.19 bits per heavy atom. The summed E-state index contributed by atoms with van der Waals surface area (Å²) in [6, 6.07) is 4.53. The first-order valence-electron chi connectivity index (χ1n) is 10.2. The SMILES string of the molecule is CCOC(=O)N1CCc2c(sc(NC(=O)C3CCCN3S(=O)(=O)c3cccs3)c2C#N)C1. The molecule has 12 heteroatoms. The Kier molecular flexibility index (Phi) is 6.52. The highest BCUT2D eigenvalue weighted by Gasteiger charge is 2.40. The summed E-state index contributed by atoms with van der Waals surface area (Å²) in [5.74, 6) is -0.444. The lowest BCUT2D eigenvalue weighted by atomic mass is 10.0. The van der Waals surface area contributed by atoms with Gasteiger partial charge in [-0.05, 0) is 43.2 Å². The van der Waals surface area contributed by atoms with E-state index >= 15 is 0 Å². The summed E-state index contributed by atoms with van der Waals surface area (Å²) in [5.41, 5.74) is 1.20. The Hall–Kier alpha value is -2.46. The highest BCUT2D eigenvalue weighted by Crippen LogP contribution is 2.37. The van der Waals surface area contributed by atoms with Crippen LogP contribution in [0.1, 0.15) is 35.8 Å². The van der Waals surface area contributed by atoms with E-state index in [2.05, 4.69) is 11.4 Å². The van der Waals surface area contributed by atoms with Gasteiger partial charge in [-0.25, -0.2) is 13.2 Å². The number of hydrogen-bond acceptors (Lipinski definition) is 8. The van der Waals surface area contributed by atoms with Gasteiger partial charge in [-0.3, -0.25) is 4.79 Å². The van der Waals surface area contributed by atoms with Crippen LogP contribution in [0.15, 0.2) is 21.7 Å². The summed E-state index contributed by atoms with van der Waals surface area (Å²) in [6.07, 6.45) is 1.09. The monoisotopic (exact) mass is 494 g/mol. The number of thiophene rings is 2. The van der Waals surface area contributed by atoms with Crippen molar-refractivity contribution in [1.29, 1.82) is 5.26 Å². The predicted molar refractivity (Wildman–Crippen MR) is 120 cm³/mol. The van der Waals surface area contributed by atoms with Gasteiger partial charge in [0.25, 0.3) is 10.0 Å². The lowest BCUT2D eigenvalue weighted by molar-refractivity contribution is -0.119. The van der Waals surface area contributed by atoms with Crippen LogP contribution in [-0.2, 0) is 32.5 Å². The Bertz CT molecular complexity index is 1170. The van der Waals surface area contributed by atoms with Crippen molar-refractivity contribution in [2.45, 2.75) is 43.0 Å². The molecule has 0 bridgehead atoms. The summed E-state index contributed by atoms with van der Waals surface area (Å²) in [6.45, 7) is 3.04. The number of rotatable bonds is 5. The number of anilines is 1. The zero-order chi connectivity index (χ0) is 22.9. The standard InChI is InChI=1S/C20H22N4O5S3/c1-2-29-20(26)23-9-7-13-14(11-21)19(31-16(13)12-23)22-18(25)15-5-3-8-24(15)32(27,28)17-6-4-10-30-17/h4,6,10,15H,2-3,5,7-9,12H2,1H3,(H,22,25). The van der Waals surface area contributed by atoms with Gasteiger partial charge in [0.15, 0.2) is 0 Å². The van der Waals surface area contributed by atoms with Crippen LogP contribution in [0.3, 0.4) is 0 Å². The quantitative estimate of drug-likeness (QED) is 0.682. The molecule has 0 saturated carbocycles. The normalized spacial score (nSPS) is 18.8. The molecule has 1 unspecified atom stereocenters. The maximum Gasteiger partial charge on any atom is 0.410 e. The van der Waals surface area contributed by atoms with Gasteiger partial charge in [0.1, 0.15) is 21.3 Å². The lowest BCUT2D eigenvalue weighted by Crippen LogP contribution is -2.42. The molecule has 0 spiro atoms. The van der Waals surface area contributed by atoms with Crippen molar-refractivity contribution in [3.63, 3.8) is 0 Å². The second-order valence-electron chi connectivity index (χ2n) is 7.39. The van der Waals surface area contributed by atoms with Crippen LogP contribution in [0.4, 0.5) is 9.80 Å². The van der Waals surface area contributed by atoms with E-state index in [9.17, 15) is 23.3 Å². The molecule has 2 aromatic heterocycles. The molecule has 2 aliphatic heterocycles. The highest BCUT2D eigenvalue weighted by atomic mass is 32.2. The summed E-state index contributed by atoms with van der Waals surface area (Å²) >= 11 is 2.37. The zero-order valence-corrected chi connectivity index (χ0v) is 19.8. The van der Waals surface area contributed by atoms with E-state index in [-0.39, 0.29) is 17.4 Å². The molecular formula is C20H22N4O5S3. The second-order valence-corrected chi connectivity index (χ2v) is 11.6. The van der Waals surface area contributed by atoms with Crippen LogP contribution in [-0.4, -0.2) is 55.4 Å². The summed E-state index contributed by atoms with van der Waals surface area (Å²) in [4.78, 5) is 27.5. The van der Waals surface area contributed by atoms with Crippen molar-refractivity contribution in [2.24, 2.45) is 0 Å². The molecule has 9 nitrogen and oxygen atoms in total. The fraction of sp³-hybridized carbons (Fsp3) is 0.450. The van der Waals surface area contributed by atoms with Gasteiger partial charge in [-0.2, -0.15) is 9.57 Å². The largest absolute Gasteiger partial charge is 0.450 e. The van der Waals surface area contributed by atoms with Gasteiger partial charge in [0.2, 0.25) is 5.91 Å². The topological polar surface area (TPSA) is 120 Å².